The van der Waals surface area contributed by atoms with Crippen LogP contribution < -0.4 is 15.5 Å². The minimum atomic E-state index is 0.0587. The van der Waals surface area contributed by atoms with E-state index in [4.69, 9.17) is 10.2 Å². The minimum absolute atomic E-state index is 0.0587. The van der Waals surface area contributed by atoms with E-state index >= 15 is 0 Å². The molecule has 0 aliphatic carbocycles. The van der Waals surface area contributed by atoms with Crippen molar-refractivity contribution >= 4 is 33.6 Å². The van der Waals surface area contributed by atoms with E-state index in [0.29, 0.717) is 5.56 Å². The van der Waals surface area contributed by atoms with Crippen LogP contribution in [-0.4, -0.2) is 56.9 Å². The van der Waals surface area contributed by atoms with E-state index in [-0.39, 0.29) is 17.9 Å². The minimum Gasteiger partial charge on any atom is -0.382 e. The van der Waals surface area contributed by atoms with E-state index in [2.05, 4.69) is 50.7 Å². The predicted octanol–water partition coefficient (Wildman–Crippen LogP) is 3.57. The van der Waals surface area contributed by atoms with Crippen LogP contribution in [0.2, 0.25) is 0 Å². The molecule has 0 atom stereocenters. The number of fused-ring (bicyclic) bond motifs is 1. The first-order valence-electron chi connectivity index (χ1n) is 11.9. The molecule has 11 heteroatoms. The second-order valence-corrected chi connectivity index (χ2v) is 10.0. The number of pyridine rings is 1. The molecule has 0 aromatic carbocycles. The van der Waals surface area contributed by atoms with Crippen molar-refractivity contribution in [3.05, 3.63) is 42.2 Å². The van der Waals surface area contributed by atoms with Crippen molar-refractivity contribution in [2.45, 2.75) is 32.7 Å². The Morgan fingerprint density at radius 2 is 2.00 bits per heavy atom. The Bertz CT molecular complexity index is 1440. The number of nitrogens with one attached hydrogen (secondary N) is 2. The number of nitrogens with zero attached hydrogens (tertiary/aromatic N) is 7. The first-order chi connectivity index (χ1) is 17.5. The average Bonchev–Trinajstić information content (AvgIpc) is 3.55. The number of hydrogen-bond acceptors (Lipinski definition) is 9. The highest BCUT2D eigenvalue weighted by molar-refractivity contribution is 7.18. The van der Waals surface area contributed by atoms with Gasteiger partial charge in [0.15, 0.2) is 5.01 Å². The number of anilines is 2. The molecule has 1 aliphatic heterocycles. The Balaban J connectivity index is 1.43. The highest BCUT2D eigenvalue weighted by atomic mass is 32.1. The van der Waals surface area contributed by atoms with Crippen LogP contribution in [0, 0.1) is 17.2 Å². The number of amides is 1. The van der Waals surface area contributed by atoms with E-state index in [1.807, 2.05) is 24.4 Å². The largest absolute Gasteiger partial charge is 0.382 e. The van der Waals surface area contributed by atoms with Crippen LogP contribution in [0.1, 0.15) is 32.3 Å². The van der Waals surface area contributed by atoms with Gasteiger partial charge in [-0.15, -0.1) is 10.2 Å². The Labute approximate surface area is 213 Å². The Kier molecular flexibility index (Phi) is 6.52. The first-order valence-corrected chi connectivity index (χ1v) is 12.7. The van der Waals surface area contributed by atoms with Crippen molar-refractivity contribution in [1.82, 2.24) is 30.1 Å². The smallest absolute Gasteiger partial charge is 0.222 e. The SMILES string of the molecule is CNC(=O)C1CCN(c2nnc(-c3cnc(-c4ccc5cc(C#N)cnn45)cc3NC(C)C)s2)CC1. The molecule has 2 N–H and O–H groups in total. The van der Waals surface area contributed by atoms with Gasteiger partial charge in [-0.1, -0.05) is 11.3 Å². The summed E-state index contributed by atoms with van der Waals surface area (Å²) < 4.78 is 1.79. The van der Waals surface area contributed by atoms with Crippen molar-refractivity contribution in [2.24, 2.45) is 5.92 Å². The van der Waals surface area contributed by atoms with Gasteiger partial charge in [0, 0.05) is 44.0 Å². The van der Waals surface area contributed by atoms with Crippen LogP contribution in [0.5, 0.6) is 0 Å². The number of nitriles is 1. The third kappa shape index (κ3) is 4.59. The van der Waals surface area contributed by atoms with Crippen molar-refractivity contribution in [2.75, 3.05) is 30.4 Å². The van der Waals surface area contributed by atoms with Gasteiger partial charge in [0.1, 0.15) is 6.07 Å². The van der Waals surface area contributed by atoms with Crippen LogP contribution in [-0.2, 0) is 4.79 Å². The van der Waals surface area contributed by atoms with Crippen LogP contribution in [0.3, 0.4) is 0 Å². The zero-order valence-corrected chi connectivity index (χ0v) is 21.2. The summed E-state index contributed by atoms with van der Waals surface area (Å²) in [5.41, 5.74) is 4.76. The number of aromatic nitrogens is 5. The quantitative estimate of drug-likeness (QED) is 0.411. The topological polar surface area (TPSA) is 124 Å². The van der Waals surface area contributed by atoms with Gasteiger partial charge < -0.3 is 15.5 Å². The predicted molar refractivity (Wildman–Crippen MR) is 140 cm³/mol. The van der Waals surface area contributed by atoms with Gasteiger partial charge in [-0.05, 0) is 51.0 Å². The standard InChI is InChI=1S/C25H27N9OS/c1-15(2)30-20-11-21(22-5-4-18-10-16(12-26)13-29-34(18)22)28-14-19(20)24-31-32-25(36-24)33-8-6-17(7-9-33)23(35)27-3/h4-5,10-11,13-15,17H,6-9H2,1-3H3,(H,27,35)(H,28,30). The summed E-state index contributed by atoms with van der Waals surface area (Å²) in [5, 5.41) is 30.4. The average molecular weight is 502 g/mol. The molecule has 1 aliphatic rings. The van der Waals surface area contributed by atoms with E-state index in [1.54, 1.807) is 23.8 Å². The number of rotatable bonds is 6. The van der Waals surface area contributed by atoms with Crippen LogP contribution >= 0.6 is 11.3 Å². The maximum absolute atomic E-state index is 12.0. The summed E-state index contributed by atoms with van der Waals surface area (Å²) in [5.74, 6) is 0.169. The molecule has 36 heavy (non-hydrogen) atoms. The summed E-state index contributed by atoms with van der Waals surface area (Å²) >= 11 is 1.53. The number of piperidine rings is 1. The lowest BCUT2D eigenvalue weighted by Gasteiger charge is -2.30. The van der Waals surface area contributed by atoms with Crippen LogP contribution in [0.15, 0.2) is 36.7 Å². The second-order valence-electron chi connectivity index (χ2n) is 9.09. The molecule has 1 saturated heterocycles. The Morgan fingerprint density at radius 3 is 2.72 bits per heavy atom. The van der Waals surface area contributed by atoms with E-state index in [9.17, 15) is 4.79 Å². The fraction of sp³-hybridized carbons (Fsp3) is 0.360. The second kappa shape index (κ2) is 9.91. The number of carbonyl (C=O) groups is 1. The molecule has 1 fully saturated rings. The maximum atomic E-state index is 12.0. The molecule has 1 amide bonds. The Hall–Kier alpha value is -4.04. The third-order valence-corrected chi connectivity index (χ3v) is 7.28. The van der Waals surface area contributed by atoms with Gasteiger partial charge in [-0.2, -0.15) is 10.4 Å². The zero-order valence-electron chi connectivity index (χ0n) is 20.4. The van der Waals surface area contributed by atoms with E-state index in [0.717, 1.165) is 64.2 Å². The highest BCUT2D eigenvalue weighted by Crippen LogP contribution is 2.36. The lowest BCUT2D eigenvalue weighted by molar-refractivity contribution is -0.125. The van der Waals surface area contributed by atoms with Gasteiger partial charge in [0.25, 0.3) is 0 Å². The normalized spacial score (nSPS) is 14.2. The van der Waals surface area contributed by atoms with Gasteiger partial charge in [-0.3, -0.25) is 9.78 Å². The van der Waals surface area contributed by atoms with E-state index in [1.165, 1.54) is 11.3 Å². The zero-order chi connectivity index (χ0) is 25.2. The summed E-state index contributed by atoms with van der Waals surface area (Å²) in [4.78, 5) is 18.9. The van der Waals surface area contributed by atoms with Gasteiger partial charge >= 0.3 is 0 Å². The molecule has 4 aromatic heterocycles. The molecule has 5 heterocycles. The number of carbonyl (C=O) groups excluding carboxylic acids is 1. The molecule has 4 aromatic rings. The fourth-order valence-electron chi connectivity index (χ4n) is 4.44. The molecule has 0 unspecified atom stereocenters. The van der Waals surface area contributed by atoms with Gasteiger partial charge in [0.2, 0.25) is 11.0 Å². The van der Waals surface area contributed by atoms with E-state index < -0.39 is 0 Å². The van der Waals surface area contributed by atoms with Gasteiger partial charge in [0.05, 0.1) is 34.2 Å². The summed E-state index contributed by atoms with van der Waals surface area (Å²) in [6.07, 6.45) is 4.99. The fourth-order valence-corrected chi connectivity index (χ4v) is 5.36. The van der Waals surface area contributed by atoms with Crippen molar-refractivity contribution in [3.63, 3.8) is 0 Å². The number of hydrogen-bond donors (Lipinski definition) is 2. The van der Waals surface area contributed by atoms with Crippen molar-refractivity contribution in [1.29, 1.82) is 5.26 Å². The molecular weight excluding hydrogens is 474 g/mol. The molecule has 0 saturated carbocycles. The molecule has 184 valence electrons. The summed E-state index contributed by atoms with van der Waals surface area (Å²) in [6.45, 7) is 5.74. The maximum Gasteiger partial charge on any atom is 0.222 e. The summed E-state index contributed by atoms with van der Waals surface area (Å²) in [7, 11) is 1.69. The van der Waals surface area contributed by atoms with Crippen LogP contribution in [0.25, 0.3) is 27.5 Å². The molecule has 0 bridgehead atoms. The van der Waals surface area contributed by atoms with Crippen LogP contribution in [0.4, 0.5) is 10.8 Å². The highest BCUT2D eigenvalue weighted by Gasteiger charge is 2.26. The molecule has 10 nitrogen and oxygen atoms in total. The molecule has 0 radical (unpaired) electrons. The van der Waals surface area contributed by atoms with Crippen molar-refractivity contribution in [3.8, 4) is 28.0 Å². The molecule has 5 rings (SSSR count). The molecule has 0 spiro atoms. The monoisotopic (exact) mass is 501 g/mol. The van der Waals surface area contributed by atoms with Crippen molar-refractivity contribution < 1.29 is 4.79 Å². The van der Waals surface area contributed by atoms with Gasteiger partial charge in [-0.25, -0.2) is 4.52 Å². The lowest BCUT2D eigenvalue weighted by atomic mass is 9.96. The molecular formula is C25H27N9OS. The lowest BCUT2D eigenvalue weighted by Crippen LogP contribution is -2.39. The summed E-state index contributed by atoms with van der Waals surface area (Å²) in [6, 6.07) is 10.0. The third-order valence-electron chi connectivity index (χ3n) is 6.27. The Morgan fingerprint density at radius 1 is 1.19 bits per heavy atom. The first kappa shape index (κ1) is 23.7.